The molecular weight excluding hydrogens is 318 g/mol. The fourth-order valence-electron chi connectivity index (χ4n) is 1.74. The van der Waals surface area contributed by atoms with Crippen molar-refractivity contribution in [2.24, 2.45) is 5.92 Å². The van der Waals surface area contributed by atoms with E-state index < -0.39 is 5.97 Å². The van der Waals surface area contributed by atoms with Crippen LogP contribution < -0.4 is 0 Å². The van der Waals surface area contributed by atoms with Crippen molar-refractivity contribution in [1.82, 2.24) is 0 Å². The molecule has 0 unspecified atom stereocenters. The fourth-order valence-corrected chi connectivity index (χ4v) is 2.68. The topological polar surface area (TPSA) is 50.1 Å². The van der Waals surface area contributed by atoms with E-state index >= 15 is 0 Å². The van der Waals surface area contributed by atoms with Crippen molar-refractivity contribution in [2.45, 2.75) is 13.8 Å². The molecular formula is C17H14ClNO2S. The second kappa shape index (κ2) is 7.26. The van der Waals surface area contributed by atoms with Gasteiger partial charge in [0.05, 0.1) is 10.9 Å². The molecule has 0 saturated carbocycles. The predicted octanol–water partition coefficient (Wildman–Crippen LogP) is 4.99. The maximum atomic E-state index is 12.0. The zero-order chi connectivity index (χ0) is 16.1. The highest BCUT2D eigenvalue weighted by molar-refractivity contribution is 7.11. The summed E-state index contributed by atoms with van der Waals surface area (Å²) in [6.07, 6.45) is 0. The fraction of sp³-hybridized carbons (Fsp3) is 0.176. The maximum absolute atomic E-state index is 12.0. The molecule has 0 bridgehead atoms. The smallest absolute Gasteiger partial charge is 0.313 e. The van der Waals surface area contributed by atoms with Gasteiger partial charge in [0.2, 0.25) is 0 Å². The molecule has 0 atom stereocenters. The zero-order valence-electron chi connectivity index (χ0n) is 12.2. The van der Waals surface area contributed by atoms with Crippen LogP contribution in [0, 0.1) is 17.2 Å². The highest BCUT2D eigenvalue weighted by Crippen LogP contribution is 2.33. The number of halogens is 1. The number of carbonyl (C=O) groups excluding carboxylic acids is 1. The van der Waals surface area contributed by atoms with E-state index in [1.54, 1.807) is 38.1 Å². The molecule has 1 aromatic heterocycles. The number of esters is 1. The largest absolute Gasteiger partial charge is 0.424 e. The van der Waals surface area contributed by atoms with E-state index in [2.05, 4.69) is 6.07 Å². The van der Waals surface area contributed by atoms with Crippen molar-refractivity contribution in [3.8, 4) is 6.07 Å². The summed E-state index contributed by atoms with van der Waals surface area (Å²) < 4.78 is 5.50. The molecule has 2 aromatic rings. The number of hydrogen-bond donors (Lipinski definition) is 0. The Morgan fingerprint density at radius 1 is 1.27 bits per heavy atom. The first-order valence-corrected chi connectivity index (χ1v) is 7.95. The highest BCUT2D eigenvalue weighted by atomic mass is 35.5. The number of hydrogen-bond acceptors (Lipinski definition) is 4. The van der Waals surface area contributed by atoms with Crippen molar-refractivity contribution in [1.29, 1.82) is 5.26 Å². The van der Waals surface area contributed by atoms with Gasteiger partial charge in [-0.15, -0.1) is 11.3 Å². The Morgan fingerprint density at radius 2 is 2.00 bits per heavy atom. The second-order valence-corrected chi connectivity index (χ2v) is 6.20. The van der Waals surface area contributed by atoms with Gasteiger partial charge in [-0.05, 0) is 23.6 Å². The van der Waals surface area contributed by atoms with Gasteiger partial charge in [0.25, 0.3) is 0 Å². The Balaban J connectivity index is 2.62. The van der Waals surface area contributed by atoms with Crippen LogP contribution in [0.4, 0.5) is 0 Å². The van der Waals surface area contributed by atoms with Gasteiger partial charge in [-0.2, -0.15) is 5.26 Å². The monoisotopic (exact) mass is 331 g/mol. The lowest BCUT2D eigenvalue weighted by atomic mass is 10.1. The van der Waals surface area contributed by atoms with Crippen LogP contribution in [0.5, 0.6) is 0 Å². The zero-order valence-corrected chi connectivity index (χ0v) is 13.7. The third-order valence-electron chi connectivity index (χ3n) is 2.90. The standard InChI is InChI=1S/C17H14ClNO2S/c1-11(2)17(20)21-16(12-6-3-4-7-14(12)18)13(10-19)15-8-5-9-22-15/h3-9,11H,1-2H3. The van der Waals surface area contributed by atoms with Crippen LogP contribution in [0.25, 0.3) is 11.3 Å². The average Bonchev–Trinajstić information content (AvgIpc) is 3.01. The molecule has 112 valence electrons. The number of allylic oxidation sites excluding steroid dienone is 1. The van der Waals surface area contributed by atoms with Crippen molar-refractivity contribution in [2.75, 3.05) is 0 Å². The van der Waals surface area contributed by atoms with Crippen LogP contribution >= 0.6 is 22.9 Å². The lowest BCUT2D eigenvalue weighted by molar-refractivity contribution is -0.140. The third-order valence-corrected chi connectivity index (χ3v) is 4.12. The van der Waals surface area contributed by atoms with Gasteiger partial charge in [0, 0.05) is 10.4 Å². The number of carbonyl (C=O) groups is 1. The molecule has 1 aromatic carbocycles. The van der Waals surface area contributed by atoms with Crippen molar-refractivity contribution >= 4 is 40.2 Å². The second-order valence-electron chi connectivity index (χ2n) is 4.85. The van der Waals surface area contributed by atoms with E-state index in [1.165, 1.54) is 11.3 Å². The van der Waals surface area contributed by atoms with Gasteiger partial charge in [0.1, 0.15) is 11.6 Å². The number of nitrogens with zero attached hydrogens (tertiary/aromatic N) is 1. The van der Waals surface area contributed by atoms with Crippen molar-refractivity contribution in [3.05, 3.63) is 57.2 Å². The number of rotatable bonds is 4. The molecule has 0 aliphatic heterocycles. The summed E-state index contributed by atoms with van der Waals surface area (Å²) in [4.78, 5) is 12.8. The summed E-state index contributed by atoms with van der Waals surface area (Å²) in [6, 6.07) is 12.8. The molecule has 3 nitrogen and oxygen atoms in total. The average molecular weight is 332 g/mol. The molecule has 0 aliphatic carbocycles. The molecule has 1 heterocycles. The summed E-state index contributed by atoms with van der Waals surface area (Å²) >= 11 is 7.62. The molecule has 0 amide bonds. The van der Waals surface area contributed by atoms with Crippen molar-refractivity contribution in [3.63, 3.8) is 0 Å². The Kier molecular flexibility index (Phi) is 5.37. The number of thiophene rings is 1. The quantitative estimate of drug-likeness (QED) is 0.450. The van der Waals surface area contributed by atoms with Gasteiger partial charge >= 0.3 is 5.97 Å². The van der Waals surface area contributed by atoms with Crippen LogP contribution in [0.2, 0.25) is 5.02 Å². The Morgan fingerprint density at radius 3 is 2.55 bits per heavy atom. The van der Waals surface area contributed by atoms with Gasteiger partial charge in [-0.25, -0.2) is 0 Å². The lowest BCUT2D eigenvalue weighted by Crippen LogP contribution is -2.12. The molecule has 0 spiro atoms. The maximum Gasteiger partial charge on any atom is 0.313 e. The summed E-state index contributed by atoms with van der Waals surface area (Å²) in [5.74, 6) is -0.505. The van der Waals surface area contributed by atoms with E-state index in [1.807, 2.05) is 17.5 Å². The first-order valence-electron chi connectivity index (χ1n) is 6.69. The van der Waals surface area contributed by atoms with Crippen LogP contribution in [-0.2, 0) is 9.53 Å². The molecule has 22 heavy (non-hydrogen) atoms. The molecule has 0 N–H and O–H groups in total. The molecule has 5 heteroatoms. The summed E-state index contributed by atoms with van der Waals surface area (Å²) in [5.41, 5.74) is 0.834. The molecule has 0 saturated heterocycles. The van der Waals surface area contributed by atoms with Crippen LogP contribution in [0.1, 0.15) is 24.3 Å². The first kappa shape index (κ1) is 16.3. The van der Waals surface area contributed by atoms with E-state index in [9.17, 15) is 10.1 Å². The van der Waals surface area contributed by atoms with Crippen LogP contribution in [-0.4, -0.2) is 5.97 Å². The number of nitriles is 1. The highest BCUT2D eigenvalue weighted by Gasteiger charge is 2.21. The molecule has 0 aliphatic rings. The van der Waals surface area contributed by atoms with Gasteiger partial charge in [-0.1, -0.05) is 43.6 Å². The van der Waals surface area contributed by atoms with E-state index in [4.69, 9.17) is 16.3 Å². The van der Waals surface area contributed by atoms with Crippen molar-refractivity contribution < 1.29 is 9.53 Å². The van der Waals surface area contributed by atoms with E-state index in [0.29, 0.717) is 16.2 Å². The van der Waals surface area contributed by atoms with Gasteiger partial charge in [0.15, 0.2) is 5.76 Å². The SMILES string of the molecule is CC(C)C(=O)OC(=C(C#N)c1cccs1)c1ccccc1Cl. The molecule has 0 fully saturated rings. The van der Waals surface area contributed by atoms with E-state index in [0.717, 1.165) is 4.88 Å². The predicted molar refractivity (Wildman–Crippen MR) is 89.1 cm³/mol. The Bertz CT molecular complexity index is 742. The van der Waals surface area contributed by atoms with Crippen LogP contribution in [0.3, 0.4) is 0 Å². The first-order chi connectivity index (χ1) is 10.5. The number of benzene rings is 1. The van der Waals surface area contributed by atoms with Gasteiger partial charge in [-0.3, -0.25) is 4.79 Å². The third kappa shape index (κ3) is 3.56. The lowest BCUT2D eigenvalue weighted by Gasteiger charge is -2.14. The Hall–Kier alpha value is -2.09. The van der Waals surface area contributed by atoms with Crippen LogP contribution in [0.15, 0.2) is 41.8 Å². The molecule has 0 radical (unpaired) electrons. The minimum Gasteiger partial charge on any atom is -0.424 e. The summed E-state index contributed by atoms with van der Waals surface area (Å²) in [7, 11) is 0. The minimum absolute atomic E-state index is 0.203. The minimum atomic E-state index is -0.403. The Labute approximate surface area is 138 Å². The summed E-state index contributed by atoms with van der Waals surface area (Å²) in [5, 5.41) is 11.8. The number of ether oxygens (including phenoxy) is 1. The molecule has 2 rings (SSSR count). The summed E-state index contributed by atoms with van der Waals surface area (Å²) in [6.45, 7) is 3.48. The normalized spacial score (nSPS) is 11.8. The van der Waals surface area contributed by atoms with E-state index in [-0.39, 0.29) is 11.7 Å². The van der Waals surface area contributed by atoms with Gasteiger partial charge < -0.3 is 4.74 Å².